The summed E-state index contributed by atoms with van der Waals surface area (Å²) >= 11 is 3.36. The largest absolute Gasteiger partial charge is 0.503 e. The molecule has 0 aromatic heterocycles. The molecule has 0 spiro atoms. The second-order valence-corrected chi connectivity index (χ2v) is 3.59. The smallest absolute Gasteiger partial charge is 0.341 e. The molecule has 80 valence electrons. The van der Waals surface area contributed by atoms with E-state index < -0.39 is 5.97 Å². The molecule has 4 heteroatoms. The summed E-state index contributed by atoms with van der Waals surface area (Å²) in [6, 6.07) is 7.37. The molecule has 0 fully saturated rings. The predicted molar refractivity (Wildman–Crippen MR) is 61.1 cm³/mol. The summed E-state index contributed by atoms with van der Waals surface area (Å²) in [6.45, 7) is 0. The molecule has 0 saturated carbocycles. The van der Waals surface area contributed by atoms with Gasteiger partial charge >= 0.3 is 5.97 Å². The molecule has 1 aromatic rings. The minimum atomic E-state index is -0.427. The van der Waals surface area contributed by atoms with Crippen molar-refractivity contribution in [3.05, 3.63) is 40.6 Å². The Morgan fingerprint density at radius 3 is 2.53 bits per heavy atom. The molecule has 0 unspecified atom stereocenters. The molecular weight excluding hydrogens is 260 g/mol. The average Bonchev–Trinajstić information content (AvgIpc) is 2.26. The van der Waals surface area contributed by atoms with E-state index in [0.717, 1.165) is 10.0 Å². The molecule has 0 saturated heterocycles. The quantitative estimate of drug-likeness (QED) is 0.481. The lowest BCUT2D eigenvalue weighted by atomic mass is 10.1. The zero-order chi connectivity index (χ0) is 11.3. The number of esters is 1. The minimum Gasteiger partial charge on any atom is -0.503 e. The van der Waals surface area contributed by atoms with E-state index in [0.29, 0.717) is 5.57 Å². The van der Waals surface area contributed by atoms with Crippen molar-refractivity contribution >= 4 is 27.5 Å². The monoisotopic (exact) mass is 270 g/mol. The van der Waals surface area contributed by atoms with Gasteiger partial charge in [0.25, 0.3) is 0 Å². The summed E-state index contributed by atoms with van der Waals surface area (Å²) in [7, 11) is 2.82. The van der Waals surface area contributed by atoms with E-state index in [-0.39, 0.29) is 0 Å². The maximum absolute atomic E-state index is 11.5. The van der Waals surface area contributed by atoms with Gasteiger partial charge in [-0.1, -0.05) is 34.1 Å². The first-order valence-electron chi connectivity index (χ1n) is 4.27. The number of rotatable bonds is 3. The van der Waals surface area contributed by atoms with Gasteiger partial charge in [-0.2, -0.15) is 0 Å². The van der Waals surface area contributed by atoms with Crippen LogP contribution < -0.4 is 0 Å². The third-order valence-corrected chi connectivity index (χ3v) is 2.50. The van der Waals surface area contributed by atoms with Crippen molar-refractivity contribution in [1.29, 1.82) is 0 Å². The Hall–Kier alpha value is -1.29. The highest BCUT2D eigenvalue weighted by Crippen LogP contribution is 2.24. The van der Waals surface area contributed by atoms with Gasteiger partial charge in [-0.15, -0.1) is 0 Å². The van der Waals surface area contributed by atoms with Crippen molar-refractivity contribution in [1.82, 2.24) is 0 Å². The topological polar surface area (TPSA) is 35.5 Å². The molecule has 15 heavy (non-hydrogen) atoms. The predicted octanol–water partition coefficient (Wildman–Crippen LogP) is 2.61. The van der Waals surface area contributed by atoms with E-state index in [4.69, 9.17) is 4.74 Å². The highest BCUT2D eigenvalue weighted by Gasteiger charge is 2.15. The van der Waals surface area contributed by atoms with Crippen LogP contribution in [0.15, 0.2) is 35.0 Å². The molecule has 0 radical (unpaired) electrons. The molecule has 0 atom stereocenters. The first kappa shape index (κ1) is 11.8. The van der Waals surface area contributed by atoms with Crippen LogP contribution in [0.3, 0.4) is 0 Å². The second-order valence-electron chi connectivity index (χ2n) is 2.74. The van der Waals surface area contributed by atoms with Crippen molar-refractivity contribution < 1.29 is 14.3 Å². The van der Waals surface area contributed by atoms with E-state index in [1.54, 1.807) is 0 Å². The number of halogens is 1. The molecule has 3 nitrogen and oxygen atoms in total. The fraction of sp³-hybridized carbons (Fsp3) is 0.182. The number of hydrogen-bond acceptors (Lipinski definition) is 3. The van der Waals surface area contributed by atoms with Crippen LogP contribution in [0.2, 0.25) is 0 Å². The van der Waals surface area contributed by atoms with Crippen LogP contribution in [0.25, 0.3) is 5.57 Å². The SMILES string of the molecule is CO/C=C(\C(=O)OC)c1ccccc1Br. The van der Waals surface area contributed by atoms with Crippen molar-refractivity contribution in [3.63, 3.8) is 0 Å². The summed E-state index contributed by atoms with van der Waals surface area (Å²) in [6.07, 6.45) is 1.37. The lowest BCUT2D eigenvalue weighted by molar-refractivity contribution is -0.133. The summed E-state index contributed by atoms with van der Waals surface area (Å²) in [4.78, 5) is 11.5. The van der Waals surface area contributed by atoms with E-state index in [1.807, 2.05) is 24.3 Å². The maximum Gasteiger partial charge on any atom is 0.341 e. The van der Waals surface area contributed by atoms with E-state index in [2.05, 4.69) is 20.7 Å². The number of benzene rings is 1. The number of hydrogen-bond donors (Lipinski definition) is 0. The van der Waals surface area contributed by atoms with Gasteiger partial charge in [-0.25, -0.2) is 4.79 Å². The molecule has 0 aliphatic rings. The van der Waals surface area contributed by atoms with Gasteiger partial charge < -0.3 is 9.47 Å². The summed E-state index contributed by atoms with van der Waals surface area (Å²) in [5, 5.41) is 0. The Balaban J connectivity index is 3.17. The summed E-state index contributed by atoms with van der Waals surface area (Å²) in [5.74, 6) is -0.427. The highest BCUT2D eigenvalue weighted by molar-refractivity contribution is 9.10. The Morgan fingerprint density at radius 1 is 1.33 bits per heavy atom. The van der Waals surface area contributed by atoms with Crippen LogP contribution in [0.4, 0.5) is 0 Å². The van der Waals surface area contributed by atoms with Crippen LogP contribution >= 0.6 is 15.9 Å². The molecule has 1 rings (SSSR count). The molecule has 0 heterocycles. The average molecular weight is 271 g/mol. The van der Waals surface area contributed by atoms with Crippen molar-refractivity contribution in [2.75, 3.05) is 14.2 Å². The van der Waals surface area contributed by atoms with Crippen molar-refractivity contribution in [2.24, 2.45) is 0 Å². The van der Waals surface area contributed by atoms with Gasteiger partial charge in [0.2, 0.25) is 0 Å². The van der Waals surface area contributed by atoms with Crippen LogP contribution in [0.5, 0.6) is 0 Å². The van der Waals surface area contributed by atoms with Gasteiger partial charge in [-0.3, -0.25) is 0 Å². The molecule has 0 amide bonds. The maximum atomic E-state index is 11.5. The summed E-state index contributed by atoms with van der Waals surface area (Å²) < 4.78 is 10.3. The zero-order valence-corrected chi connectivity index (χ0v) is 10.1. The number of carbonyl (C=O) groups excluding carboxylic acids is 1. The standard InChI is InChI=1S/C11H11BrO3/c1-14-7-9(11(13)15-2)8-5-3-4-6-10(8)12/h3-7H,1-2H3/b9-7-. The molecule has 0 aliphatic carbocycles. The zero-order valence-electron chi connectivity index (χ0n) is 8.49. The van der Waals surface area contributed by atoms with E-state index in [9.17, 15) is 4.79 Å². The van der Waals surface area contributed by atoms with Gasteiger partial charge in [-0.05, 0) is 6.07 Å². The van der Waals surface area contributed by atoms with Gasteiger partial charge in [0, 0.05) is 10.0 Å². The molecule has 0 aliphatic heterocycles. The highest BCUT2D eigenvalue weighted by atomic mass is 79.9. The van der Waals surface area contributed by atoms with Crippen molar-refractivity contribution in [3.8, 4) is 0 Å². The number of methoxy groups -OCH3 is 2. The fourth-order valence-corrected chi connectivity index (χ4v) is 1.63. The molecule has 0 bridgehead atoms. The van der Waals surface area contributed by atoms with Crippen LogP contribution in [0, 0.1) is 0 Å². The van der Waals surface area contributed by atoms with E-state index in [1.165, 1.54) is 20.5 Å². The summed E-state index contributed by atoms with van der Waals surface area (Å²) in [5.41, 5.74) is 1.12. The number of ether oxygens (including phenoxy) is 2. The van der Waals surface area contributed by atoms with Gasteiger partial charge in [0.1, 0.15) is 5.57 Å². The van der Waals surface area contributed by atoms with Crippen LogP contribution in [0.1, 0.15) is 5.56 Å². The fourth-order valence-electron chi connectivity index (χ4n) is 1.13. The first-order chi connectivity index (χ1) is 7.20. The second kappa shape index (κ2) is 5.56. The van der Waals surface area contributed by atoms with Crippen LogP contribution in [-0.4, -0.2) is 20.2 Å². The molecular formula is C11H11BrO3. The lowest BCUT2D eigenvalue weighted by Crippen LogP contribution is -2.04. The molecule has 0 N–H and O–H groups in total. The van der Waals surface area contributed by atoms with Gasteiger partial charge in [0.05, 0.1) is 20.5 Å². The lowest BCUT2D eigenvalue weighted by Gasteiger charge is -2.06. The Kier molecular flexibility index (Phi) is 4.37. The Morgan fingerprint density at radius 2 is 2.00 bits per heavy atom. The van der Waals surface area contributed by atoms with E-state index >= 15 is 0 Å². The number of carbonyl (C=O) groups is 1. The third kappa shape index (κ3) is 2.83. The minimum absolute atomic E-state index is 0.382. The third-order valence-electron chi connectivity index (χ3n) is 1.81. The molecule has 1 aromatic carbocycles. The van der Waals surface area contributed by atoms with Gasteiger partial charge in [0.15, 0.2) is 0 Å². The Labute approximate surface area is 96.8 Å². The Bertz CT molecular complexity index is 385. The van der Waals surface area contributed by atoms with Crippen LogP contribution in [-0.2, 0) is 14.3 Å². The van der Waals surface area contributed by atoms with Crippen molar-refractivity contribution in [2.45, 2.75) is 0 Å². The first-order valence-corrected chi connectivity index (χ1v) is 5.06. The normalized spacial score (nSPS) is 11.0.